The van der Waals surface area contributed by atoms with Crippen molar-refractivity contribution in [2.45, 2.75) is 6.92 Å². The topological polar surface area (TPSA) is 92.2 Å². The van der Waals surface area contributed by atoms with Crippen LogP contribution in [-0.2, 0) is 4.79 Å². The smallest absolute Gasteiger partial charge is 0.328 e. The van der Waals surface area contributed by atoms with Gasteiger partial charge in [0.2, 0.25) is 0 Å². The molecule has 1 amide bonds. The highest BCUT2D eigenvalue weighted by molar-refractivity contribution is 6.06. The zero-order valence-corrected chi connectivity index (χ0v) is 11.3. The highest BCUT2D eigenvalue weighted by Gasteiger charge is 2.11. The summed E-state index contributed by atoms with van der Waals surface area (Å²) in [5.74, 6) is -0.998. The van der Waals surface area contributed by atoms with Gasteiger partial charge in [0.1, 0.15) is 5.82 Å². The number of amides is 1. The van der Waals surface area contributed by atoms with E-state index in [0.717, 1.165) is 11.6 Å². The minimum Gasteiger partial charge on any atom is -0.478 e. The maximum atomic E-state index is 12.3. The van der Waals surface area contributed by atoms with Crippen LogP contribution in [0, 0.1) is 6.92 Å². The molecule has 106 valence electrons. The Labute approximate surface area is 121 Å². The third-order valence-electron chi connectivity index (χ3n) is 2.74. The molecule has 0 saturated heterocycles. The van der Waals surface area contributed by atoms with Gasteiger partial charge in [-0.3, -0.25) is 9.78 Å². The molecule has 2 aromatic heterocycles. The fraction of sp³-hybridized carbons (Fsp3) is 0.0667. The molecule has 2 heterocycles. The van der Waals surface area contributed by atoms with Crippen molar-refractivity contribution in [3.8, 4) is 0 Å². The van der Waals surface area contributed by atoms with E-state index >= 15 is 0 Å². The largest absolute Gasteiger partial charge is 0.478 e. The molecule has 0 fully saturated rings. The van der Waals surface area contributed by atoms with E-state index in [9.17, 15) is 9.59 Å². The first-order valence-corrected chi connectivity index (χ1v) is 6.16. The van der Waals surface area contributed by atoms with Gasteiger partial charge >= 0.3 is 5.97 Å². The zero-order valence-electron chi connectivity index (χ0n) is 11.3. The zero-order chi connectivity index (χ0) is 15.2. The second kappa shape index (κ2) is 6.42. The number of hydrogen-bond acceptors (Lipinski definition) is 4. The Morgan fingerprint density at radius 1 is 1.29 bits per heavy atom. The molecular weight excluding hydrogens is 270 g/mol. The van der Waals surface area contributed by atoms with E-state index in [0.29, 0.717) is 16.9 Å². The SMILES string of the molecule is Cc1cccnc1NC(=O)c1ccncc1C=CC(=O)O. The Kier molecular flexibility index (Phi) is 4.40. The number of carbonyl (C=O) groups is 2. The van der Waals surface area contributed by atoms with Crippen LogP contribution in [0.15, 0.2) is 42.9 Å². The number of carboxylic acids is 1. The van der Waals surface area contributed by atoms with E-state index in [2.05, 4.69) is 15.3 Å². The maximum absolute atomic E-state index is 12.3. The number of carboxylic acid groups (broad SMARTS) is 1. The number of anilines is 1. The first-order chi connectivity index (χ1) is 10.1. The van der Waals surface area contributed by atoms with Gasteiger partial charge in [-0.1, -0.05) is 6.07 Å². The van der Waals surface area contributed by atoms with Gasteiger partial charge in [-0.2, -0.15) is 0 Å². The van der Waals surface area contributed by atoms with E-state index in [1.165, 1.54) is 24.5 Å². The molecule has 0 bridgehead atoms. The first-order valence-electron chi connectivity index (χ1n) is 6.16. The monoisotopic (exact) mass is 283 g/mol. The summed E-state index contributed by atoms with van der Waals surface area (Å²) in [6.45, 7) is 1.83. The summed E-state index contributed by atoms with van der Waals surface area (Å²) in [5, 5.41) is 11.4. The minimum atomic E-state index is -1.09. The Bertz CT molecular complexity index is 711. The standard InChI is InChI=1S/C15H13N3O3/c1-10-3-2-7-17-14(10)18-15(21)12-6-8-16-9-11(12)4-5-13(19)20/h2-9H,1H3,(H,19,20)(H,17,18,21). The molecule has 0 aliphatic carbocycles. The fourth-order valence-corrected chi connectivity index (χ4v) is 1.70. The molecule has 6 nitrogen and oxygen atoms in total. The number of aryl methyl sites for hydroxylation is 1. The van der Waals surface area contributed by atoms with Crippen LogP contribution in [0.2, 0.25) is 0 Å². The van der Waals surface area contributed by atoms with Gasteiger partial charge in [-0.15, -0.1) is 0 Å². The molecule has 0 aliphatic heterocycles. The van der Waals surface area contributed by atoms with Gasteiger partial charge in [-0.05, 0) is 30.7 Å². The third-order valence-corrected chi connectivity index (χ3v) is 2.74. The average Bonchev–Trinajstić information content (AvgIpc) is 2.47. The predicted molar refractivity (Wildman–Crippen MR) is 77.8 cm³/mol. The average molecular weight is 283 g/mol. The van der Waals surface area contributed by atoms with Gasteiger partial charge in [0.05, 0.1) is 5.56 Å². The third kappa shape index (κ3) is 3.73. The van der Waals surface area contributed by atoms with E-state index in [4.69, 9.17) is 5.11 Å². The number of carbonyl (C=O) groups excluding carboxylic acids is 1. The van der Waals surface area contributed by atoms with Crippen LogP contribution in [-0.4, -0.2) is 27.0 Å². The van der Waals surface area contributed by atoms with Crippen molar-refractivity contribution in [2.75, 3.05) is 5.32 Å². The van der Waals surface area contributed by atoms with Gasteiger partial charge in [0, 0.05) is 30.2 Å². The number of hydrogen-bond donors (Lipinski definition) is 2. The molecule has 0 radical (unpaired) electrons. The molecule has 0 atom stereocenters. The lowest BCUT2D eigenvalue weighted by atomic mass is 10.1. The molecular formula is C15H13N3O3. The summed E-state index contributed by atoms with van der Waals surface area (Å²) in [4.78, 5) is 30.8. The van der Waals surface area contributed by atoms with E-state index in [1.807, 2.05) is 13.0 Å². The molecule has 0 spiro atoms. The Morgan fingerprint density at radius 2 is 2.10 bits per heavy atom. The van der Waals surface area contributed by atoms with Gasteiger partial charge < -0.3 is 10.4 Å². The molecule has 2 N–H and O–H groups in total. The molecule has 21 heavy (non-hydrogen) atoms. The highest BCUT2D eigenvalue weighted by atomic mass is 16.4. The van der Waals surface area contributed by atoms with Gasteiger partial charge in [0.25, 0.3) is 5.91 Å². The Hall–Kier alpha value is -3.02. The van der Waals surface area contributed by atoms with Gasteiger partial charge in [0.15, 0.2) is 0 Å². The summed E-state index contributed by atoms with van der Waals surface area (Å²) in [5.41, 5.74) is 1.58. The van der Waals surface area contributed by atoms with E-state index < -0.39 is 5.97 Å². The normalized spacial score (nSPS) is 10.5. The number of aliphatic carboxylic acids is 1. The van der Waals surface area contributed by atoms with Crippen molar-refractivity contribution in [1.29, 1.82) is 0 Å². The van der Waals surface area contributed by atoms with E-state index in [-0.39, 0.29) is 5.91 Å². The van der Waals surface area contributed by atoms with Crippen molar-refractivity contribution in [1.82, 2.24) is 9.97 Å². The summed E-state index contributed by atoms with van der Waals surface area (Å²) in [6, 6.07) is 5.13. The van der Waals surface area contributed by atoms with Crippen molar-refractivity contribution in [2.24, 2.45) is 0 Å². The number of rotatable bonds is 4. The second-order valence-corrected chi connectivity index (χ2v) is 4.26. The summed E-state index contributed by atoms with van der Waals surface area (Å²) >= 11 is 0. The van der Waals surface area contributed by atoms with Crippen LogP contribution in [0.5, 0.6) is 0 Å². The van der Waals surface area contributed by atoms with Crippen molar-refractivity contribution in [3.05, 3.63) is 59.6 Å². The van der Waals surface area contributed by atoms with Crippen molar-refractivity contribution < 1.29 is 14.7 Å². The van der Waals surface area contributed by atoms with Crippen molar-refractivity contribution >= 4 is 23.8 Å². The highest BCUT2D eigenvalue weighted by Crippen LogP contribution is 2.14. The molecule has 2 aromatic rings. The first kappa shape index (κ1) is 14.4. The molecule has 0 aromatic carbocycles. The molecule has 0 aliphatic rings. The minimum absolute atomic E-state index is 0.326. The van der Waals surface area contributed by atoms with Crippen LogP contribution in [0.4, 0.5) is 5.82 Å². The summed E-state index contributed by atoms with van der Waals surface area (Å²) in [7, 11) is 0. The maximum Gasteiger partial charge on any atom is 0.328 e. The Balaban J connectivity index is 2.28. The van der Waals surface area contributed by atoms with Gasteiger partial charge in [-0.25, -0.2) is 9.78 Å². The summed E-state index contributed by atoms with van der Waals surface area (Å²) < 4.78 is 0. The van der Waals surface area contributed by atoms with Crippen LogP contribution in [0.1, 0.15) is 21.5 Å². The number of pyridine rings is 2. The number of aromatic nitrogens is 2. The van der Waals surface area contributed by atoms with Crippen LogP contribution >= 0.6 is 0 Å². The quantitative estimate of drug-likeness (QED) is 0.839. The lowest BCUT2D eigenvalue weighted by Crippen LogP contribution is -2.15. The van der Waals surface area contributed by atoms with E-state index in [1.54, 1.807) is 12.3 Å². The van der Waals surface area contributed by atoms with Crippen LogP contribution in [0.3, 0.4) is 0 Å². The lowest BCUT2D eigenvalue weighted by Gasteiger charge is -2.08. The summed E-state index contributed by atoms with van der Waals surface area (Å²) in [6.07, 6.45) is 6.77. The molecule has 0 unspecified atom stereocenters. The predicted octanol–water partition coefficient (Wildman–Crippen LogP) is 2.14. The fourth-order valence-electron chi connectivity index (χ4n) is 1.70. The lowest BCUT2D eigenvalue weighted by molar-refractivity contribution is -0.131. The number of nitrogens with zero attached hydrogens (tertiary/aromatic N) is 2. The molecule has 6 heteroatoms. The Morgan fingerprint density at radius 3 is 2.81 bits per heavy atom. The van der Waals surface area contributed by atoms with Crippen molar-refractivity contribution in [3.63, 3.8) is 0 Å². The van der Waals surface area contributed by atoms with Crippen LogP contribution < -0.4 is 5.32 Å². The second-order valence-electron chi connectivity index (χ2n) is 4.26. The number of nitrogens with one attached hydrogen (secondary N) is 1. The van der Waals surface area contributed by atoms with Crippen LogP contribution in [0.25, 0.3) is 6.08 Å². The molecule has 0 saturated carbocycles. The molecule has 2 rings (SSSR count).